The highest BCUT2D eigenvalue weighted by Gasteiger charge is 2.36. The topological polar surface area (TPSA) is 15.7 Å². The maximum absolute atomic E-state index is 7.30. The summed E-state index contributed by atoms with van der Waals surface area (Å²) in [5.74, 6) is 1.69. The average Bonchev–Trinajstić information content (AvgIpc) is 3.62. The molecule has 0 saturated heterocycles. The molecule has 0 saturated carbocycles. The van der Waals surface area contributed by atoms with Gasteiger partial charge in [-0.2, -0.15) is 0 Å². The number of rotatable bonds is 8. The second-order valence-corrected chi connectivity index (χ2v) is 18.5. The number of fused-ring (bicyclic) bond motifs is 6. The van der Waals surface area contributed by atoms with E-state index in [1.807, 2.05) is 0 Å². The predicted octanol–water partition coefficient (Wildman–Crippen LogP) is 18.3. The fourth-order valence-electron chi connectivity index (χ4n) is 10.9. The van der Waals surface area contributed by atoms with Gasteiger partial charge in [0.25, 0.3) is 0 Å². The first-order valence-corrected chi connectivity index (χ1v) is 23.5. The van der Waals surface area contributed by atoms with Crippen molar-refractivity contribution in [1.29, 1.82) is 0 Å². The van der Waals surface area contributed by atoms with Gasteiger partial charge in [0.1, 0.15) is 11.5 Å². The highest BCUT2D eigenvalue weighted by atomic mass is 16.5. The van der Waals surface area contributed by atoms with Gasteiger partial charge in [-0.1, -0.05) is 172 Å². The van der Waals surface area contributed by atoms with E-state index in [1.54, 1.807) is 0 Å². The van der Waals surface area contributed by atoms with Crippen LogP contribution in [0.2, 0.25) is 0 Å². The first-order valence-electron chi connectivity index (χ1n) is 23.5. The Kier molecular flexibility index (Phi) is 9.19. The molecule has 1 aliphatic carbocycles. The van der Waals surface area contributed by atoms with E-state index < -0.39 is 0 Å². The van der Waals surface area contributed by atoms with Crippen LogP contribution in [0.5, 0.6) is 11.5 Å². The lowest BCUT2D eigenvalue weighted by Crippen LogP contribution is -2.15. The van der Waals surface area contributed by atoms with Gasteiger partial charge in [-0.3, -0.25) is 0 Å². The van der Waals surface area contributed by atoms with Gasteiger partial charge in [0.05, 0.1) is 5.69 Å². The van der Waals surface area contributed by atoms with Crippen LogP contribution in [0.4, 0.5) is 34.1 Å². The van der Waals surface area contributed by atoms with Crippen LogP contribution in [-0.4, -0.2) is 0 Å². The number of para-hydroxylation sites is 2. The zero-order valence-corrected chi connectivity index (χ0v) is 37.9. The van der Waals surface area contributed by atoms with Crippen LogP contribution in [0.25, 0.3) is 66.1 Å². The quantitative estimate of drug-likeness (QED) is 0.151. The van der Waals surface area contributed by atoms with E-state index in [0.29, 0.717) is 0 Å². The fourth-order valence-corrected chi connectivity index (χ4v) is 10.9. The van der Waals surface area contributed by atoms with Crippen molar-refractivity contribution >= 4 is 55.7 Å². The molecule has 1 aliphatic heterocycles. The lowest BCUT2D eigenvalue weighted by Gasteiger charge is -2.30. The van der Waals surface area contributed by atoms with Crippen molar-refractivity contribution in [3.8, 4) is 56.0 Å². The molecule has 1 heterocycles. The van der Waals surface area contributed by atoms with E-state index in [0.717, 1.165) is 83.9 Å². The Labute approximate surface area is 397 Å². The van der Waals surface area contributed by atoms with Gasteiger partial charge in [-0.25, -0.2) is 0 Å². The summed E-state index contributed by atoms with van der Waals surface area (Å²) in [5, 5.41) is 4.58. The minimum Gasteiger partial charge on any atom is -0.455 e. The first-order chi connectivity index (χ1) is 33.5. The van der Waals surface area contributed by atoms with Crippen molar-refractivity contribution in [3.63, 3.8) is 0 Å². The van der Waals surface area contributed by atoms with Crippen molar-refractivity contribution in [2.75, 3.05) is 9.80 Å². The Morgan fingerprint density at radius 2 is 0.912 bits per heavy atom. The molecule has 11 aromatic rings. The Morgan fingerprint density at radius 3 is 1.69 bits per heavy atom. The van der Waals surface area contributed by atoms with Gasteiger partial charge in [0.15, 0.2) is 0 Å². The standard InChI is InChI=1S/C65H46N2O/c1-65(2)59-28-15-14-26-55(59)58-41-51(35-38-60(58)65)67(50-32-29-44(30-33-50)43-17-6-3-7-18-43)61-40-47(39-46-19-12-13-25-53(46)61)54-36-31-45-20-16-27-57-56-37-34-52(42-62(56)68-64(54)63(45)57)66(48-21-8-4-9-22-48)49-23-10-5-11-24-49/h3-42H,1-2H3. The molecule has 0 amide bonds. The van der Waals surface area contributed by atoms with Crippen molar-refractivity contribution in [1.82, 2.24) is 0 Å². The zero-order chi connectivity index (χ0) is 45.3. The molecule has 68 heavy (non-hydrogen) atoms. The monoisotopic (exact) mass is 870 g/mol. The molecule has 0 unspecified atom stereocenters. The molecule has 0 radical (unpaired) electrons. The molecule has 3 heteroatoms. The van der Waals surface area contributed by atoms with Crippen LogP contribution in [0.15, 0.2) is 243 Å². The molecule has 322 valence electrons. The van der Waals surface area contributed by atoms with Crippen LogP contribution >= 0.6 is 0 Å². The lowest BCUT2D eigenvalue weighted by molar-refractivity contribution is 0.489. The highest BCUT2D eigenvalue weighted by Crippen LogP contribution is 2.54. The molecule has 0 fully saturated rings. The van der Waals surface area contributed by atoms with Crippen molar-refractivity contribution in [2.24, 2.45) is 0 Å². The predicted molar refractivity (Wildman–Crippen MR) is 285 cm³/mol. The van der Waals surface area contributed by atoms with E-state index in [9.17, 15) is 0 Å². The highest BCUT2D eigenvalue weighted by molar-refractivity contribution is 6.10. The SMILES string of the molecule is CC1(C)c2ccccc2-c2cc(N(c3ccc(-c4ccccc4)cc3)c3cc(-c4ccc5cccc6c5c4Oc4cc(N(c5ccccc5)c5ccccc5)ccc4-6)cc4ccccc34)ccc21. The van der Waals surface area contributed by atoms with E-state index >= 15 is 0 Å². The van der Waals surface area contributed by atoms with E-state index in [1.165, 1.54) is 38.9 Å². The minimum absolute atomic E-state index is 0.101. The summed E-state index contributed by atoms with van der Waals surface area (Å²) in [6.07, 6.45) is 0. The van der Waals surface area contributed by atoms with Gasteiger partial charge >= 0.3 is 0 Å². The molecular formula is C65H46N2O. The first kappa shape index (κ1) is 39.7. The average molecular weight is 871 g/mol. The third kappa shape index (κ3) is 6.42. The molecule has 11 aromatic carbocycles. The Hall–Kier alpha value is -8.66. The molecule has 0 atom stereocenters. The van der Waals surface area contributed by atoms with Crippen molar-refractivity contribution in [2.45, 2.75) is 19.3 Å². The number of hydrogen-bond donors (Lipinski definition) is 0. The van der Waals surface area contributed by atoms with Gasteiger partial charge < -0.3 is 14.5 Å². The number of anilines is 6. The third-order valence-corrected chi connectivity index (χ3v) is 14.2. The van der Waals surface area contributed by atoms with Gasteiger partial charge in [0, 0.05) is 61.8 Å². The zero-order valence-electron chi connectivity index (χ0n) is 37.9. The summed E-state index contributed by atoms with van der Waals surface area (Å²) < 4.78 is 7.30. The van der Waals surface area contributed by atoms with Crippen LogP contribution in [-0.2, 0) is 5.41 Å². The van der Waals surface area contributed by atoms with Crippen LogP contribution in [0.3, 0.4) is 0 Å². The van der Waals surface area contributed by atoms with Crippen LogP contribution in [0, 0.1) is 0 Å². The molecule has 3 nitrogen and oxygen atoms in total. The Bertz CT molecular complexity index is 3690. The molecule has 13 rings (SSSR count). The normalized spacial score (nSPS) is 12.8. The molecular weight excluding hydrogens is 825 g/mol. The second kappa shape index (κ2) is 15.8. The summed E-state index contributed by atoms with van der Waals surface area (Å²) in [6.45, 7) is 4.69. The number of benzene rings is 11. The summed E-state index contributed by atoms with van der Waals surface area (Å²) in [7, 11) is 0. The maximum atomic E-state index is 7.30. The van der Waals surface area contributed by atoms with E-state index in [2.05, 4.69) is 266 Å². The summed E-state index contributed by atoms with van der Waals surface area (Å²) in [5.41, 5.74) is 18.4. The number of hydrogen-bond acceptors (Lipinski definition) is 3. The molecule has 2 aliphatic rings. The Morgan fingerprint density at radius 1 is 0.338 bits per heavy atom. The minimum atomic E-state index is -0.101. The lowest BCUT2D eigenvalue weighted by atomic mass is 9.82. The van der Waals surface area contributed by atoms with Gasteiger partial charge in [-0.15, -0.1) is 0 Å². The van der Waals surface area contributed by atoms with E-state index in [4.69, 9.17) is 4.74 Å². The van der Waals surface area contributed by atoms with Crippen LogP contribution in [0.1, 0.15) is 25.0 Å². The fraction of sp³-hybridized carbons (Fsp3) is 0.0462. The summed E-state index contributed by atoms with van der Waals surface area (Å²) in [6, 6.07) is 88.0. The summed E-state index contributed by atoms with van der Waals surface area (Å²) >= 11 is 0. The van der Waals surface area contributed by atoms with Gasteiger partial charge in [0.2, 0.25) is 0 Å². The smallest absolute Gasteiger partial charge is 0.143 e. The third-order valence-electron chi connectivity index (χ3n) is 14.2. The summed E-state index contributed by atoms with van der Waals surface area (Å²) in [4.78, 5) is 4.75. The van der Waals surface area contributed by atoms with E-state index in [-0.39, 0.29) is 5.41 Å². The molecule has 0 aromatic heterocycles. The number of nitrogens with zero attached hydrogens (tertiary/aromatic N) is 2. The van der Waals surface area contributed by atoms with Crippen molar-refractivity contribution in [3.05, 3.63) is 254 Å². The molecule has 0 spiro atoms. The Balaban J connectivity index is 0.999. The number of ether oxygens (including phenoxy) is 1. The van der Waals surface area contributed by atoms with Crippen molar-refractivity contribution < 1.29 is 4.74 Å². The second-order valence-electron chi connectivity index (χ2n) is 18.5. The van der Waals surface area contributed by atoms with Gasteiger partial charge in [-0.05, 0) is 134 Å². The van der Waals surface area contributed by atoms with Crippen LogP contribution < -0.4 is 14.5 Å². The molecule has 0 N–H and O–H groups in total. The maximum Gasteiger partial charge on any atom is 0.143 e. The molecule has 0 bridgehead atoms. The largest absolute Gasteiger partial charge is 0.455 e.